The maximum Gasteiger partial charge on any atom is 0.260 e. The van der Waals surface area contributed by atoms with Crippen molar-refractivity contribution in [2.24, 2.45) is 0 Å². The van der Waals surface area contributed by atoms with Crippen molar-refractivity contribution in [2.75, 3.05) is 11.9 Å². The Morgan fingerprint density at radius 2 is 2.00 bits per heavy atom. The van der Waals surface area contributed by atoms with E-state index in [1.54, 1.807) is 54.5 Å². The smallest absolute Gasteiger partial charge is 0.260 e. The topological polar surface area (TPSA) is 62.3 Å². The largest absolute Gasteiger partial charge is 0.348 e. The molecule has 0 saturated heterocycles. The van der Waals surface area contributed by atoms with Gasteiger partial charge in [-0.1, -0.05) is 41.6 Å². The molecule has 7 heteroatoms. The van der Waals surface area contributed by atoms with Gasteiger partial charge in [0.05, 0.1) is 11.3 Å². The predicted molar refractivity (Wildman–Crippen MR) is 110 cm³/mol. The first-order valence-electron chi connectivity index (χ1n) is 8.61. The average Bonchev–Trinajstić information content (AvgIpc) is 2.82. The molecule has 1 aliphatic rings. The third-order valence-electron chi connectivity index (χ3n) is 4.49. The Morgan fingerprint density at radius 1 is 1.18 bits per heavy atom. The van der Waals surface area contributed by atoms with Gasteiger partial charge in [-0.2, -0.15) is 0 Å². The van der Waals surface area contributed by atoms with Gasteiger partial charge in [-0.3, -0.25) is 9.59 Å². The molecule has 28 heavy (non-hydrogen) atoms. The van der Waals surface area contributed by atoms with Crippen LogP contribution in [-0.2, 0) is 6.54 Å². The molecule has 2 heterocycles. The predicted octanol–water partition coefficient (Wildman–Crippen LogP) is 4.41. The van der Waals surface area contributed by atoms with Gasteiger partial charge in [0.1, 0.15) is 5.03 Å². The molecule has 0 saturated carbocycles. The van der Waals surface area contributed by atoms with Gasteiger partial charge in [0.2, 0.25) is 0 Å². The highest BCUT2D eigenvalue weighted by Gasteiger charge is 2.26. The van der Waals surface area contributed by atoms with E-state index in [2.05, 4.69) is 10.3 Å². The fourth-order valence-electron chi connectivity index (χ4n) is 2.96. The van der Waals surface area contributed by atoms with Crippen molar-refractivity contribution < 1.29 is 9.59 Å². The zero-order valence-electron chi connectivity index (χ0n) is 15.0. The third-order valence-corrected chi connectivity index (χ3v) is 5.93. The van der Waals surface area contributed by atoms with E-state index in [1.165, 1.54) is 11.8 Å². The molecule has 140 valence electrons. The van der Waals surface area contributed by atoms with Gasteiger partial charge in [-0.05, 0) is 42.0 Å². The quantitative estimate of drug-likeness (QED) is 0.696. The summed E-state index contributed by atoms with van der Waals surface area (Å²) in [5.74, 6) is -0.326. The van der Waals surface area contributed by atoms with Gasteiger partial charge >= 0.3 is 0 Å². The van der Waals surface area contributed by atoms with Crippen LogP contribution in [-0.4, -0.2) is 23.8 Å². The van der Waals surface area contributed by atoms with Crippen LogP contribution in [0.25, 0.3) is 0 Å². The van der Waals surface area contributed by atoms with Crippen molar-refractivity contribution in [3.63, 3.8) is 0 Å². The number of fused-ring (bicyclic) bond motifs is 2. The number of anilines is 1. The lowest BCUT2D eigenvalue weighted by molar-refractivity contribution is 0.0949. The Kier molecular flexibility index (Phi) is 5.07. The number of carbonyl (C=O) groups excluding carboxylic acids is 2. The molecule has 1 N–H and O–H groups in total. The number of carbonyl (C=O) groups is 2. The van der Waals surface area contributed by atoms with Crippen LogP contribution in [0.15, 0.2) is 70.7 Å². The number of pyridine rings is 1. The van der Waals surface area contributed by atoms with Crippen LogP contribution in [0.4, 0.5) is 5.69 Å². The molecule has 0 aliphatic carbocycles. The second kappa shape index (κ2) is 7.66. The molecule has 0 radical (unpaired) electrons. The summed E-state index contributed by atoms with van der Waals surface area (Å²) in [6.07, 6.45) is 1.66. The lowest BCUT2D eigenvalue weighted by Crippen LogP contribution is -2.26. The molecule has 1 aromatic heterocycles. The number of halogens is 1. The summed E-state index contributed by atoms with van der Waals surface area (Å²) in [6, 6.07) is 16.2. The number of hydrogen-bond acceptors (Lipinski definition) is 4. The molecule has 4 rings (SSSR count). The van der Waals surface area contributed by atoms with Gasteiger partial charge in [0, 0.05) is 35.3 Å². The Balaban J connectivity index is 1.61. The van der Waals surface area contributed by atoms with E-state index in [1.807, 2.05) is 18.2 Å². The molecule has 2 aromatic carbocycles. The van der Waals surface area contributed by atoms with Crippen LogP contribution < -0.4 is 10.2 Å². The summed E-state index contributed by atoms with van der Waals surface area (Å²) in [7, 11) is 1.72. The van der Waals surface area contributed by atoms with E-state index in [4.69, 9.17) is 11.6 Å². The van der Waals surface area contributed by atoms with Gasteiger partial charge < -0.3 is 10.2 Å². The summed E-state index contributed by atoms with van der Waals surface area (Å²) in [5.41, 5.74) is 2.66. The molecule has 0 spiro atoms. The Bertz CT molecular complexity index is 1090. The number of nitrogens with zero attached hydrogens (tertiary/aromatic N) is 2. The van der Waals surface area contributed by atoms with Crippen molar-refractivity contribution in [1.29, 1.82) is 0 Å². The average molecular weight is 410 g/mol. The second-order valence-corrected chi connectivity index (χ2v) is 7.72. The molecule has 0 atom stereocenters. The monoisotopic (exact) mass is 409 g/mol. The van der Waals surface area contributed by atoms with Crippen LogP contribution in [0.1, 0.15) is 26.3 Å². The number of rotatable bonds is 3. The second-order valence-electron chi connectivity index (χ2n) is 6.28. The fraction of sp³-hybridized carbons (Fsp3) is 0.0952. The molecule has 1 aliphatic heterocycles. The third kappa shape index (κ3) is 3.48. The molecule has 2 amide bonds. The van der Waals surface area contributed by atoms with E-state index >= 15 is 0 Å². The maximum absolute atomic E-state index is 12.7. The van der Waals surface area contributed by atoms with Crippen LogP contribution in [0, 0.1) is 0 Å². The number of benzene rings is 2. The molecule has 0 unspecified atom stereocenters. The van der Waals surface area contributed by atoms with Gasteiger partial charge in [0.15, 0.2) is 0 Å². The highest BCUT2D eigenvalue weighted by molar-refractivity contribution is 7.99. The summed E-state index contributed by atoms with van der Waals surface area (Å²) >= 11 is 7.53. The minimum Gasteiger partial charge on any atom is -0.348 e. The highest BCUT2D eigenvalue weighted by atomic mass is 35.5. The van der Waals surface area contributed by atoms with Gasteiger partial charge in [-0.15, -0.1) is 0 Å². The minimum atomic E-state index is -0.206. The minimum absolute atomic E-state index is 0.120. The lowest BCUT2D eigenvalue weighted by Gasteiger charge is -2.17. The number of nitrogens with one attached hydrogen (secondary N) is 1. The first-order valence-corrected chi connectivity index (χ1v) is 9.80. The zero-order valence-corrected chi connectivity index (χ0v) is 16.6. The fourth-order valence-corrected chi connectivity index (χ4v) is 4.25. The SMILES string of the molecule is CN1C(=O)c2cccnc2Sc2cc(C(=O)NCc3ccccc3Cl)ccc21. The van der Waals surface area contributed by atoms with Gasteiger partial charge in [-0.25, -0.2) is 4.98 Å². The van der Waals surface area contributed by atoms with Crippen molar-refractivity contribution in [1.82, 2.24) is 10.3 Å². The van der Waals surface area contributed by atoms with Crippen LogP contribution in [0.3, 0.4) is 0 Å². The van der Waals surface area contributed by atoms with Crippen molar-refractivity contribution in [3.05, 3.63) is 82.5 Å². The maximum atomic E-state index is 12.7. The number of aromatic nitrogens is 1. The Morgan fingerprint density at radius 3 is 2.82 bits per heavy atom. The van der Waals surface area contributed by atoms with Crippen molar-refractivity contribution in [3.8, 4) is 0 Å². The van der Waals surface area contributed by atoms with E-state index in [0.717, 1.165) is 16.1 Å². The Labute approximate surface area is 171 Å². The molecular formula is C21H16ClN3O2S. The summed E-state index contributed by atoms with van der Waals surface area (Å²) in [6.45, 7) is 0.339. The molecular weight excluding hydrogens is 394 g/mol. The first-order chi connectivity index (χ1) is 13.5. The molecule has 0 bridgehead atoms. The first kappa shape index (κ1) is 18.5. The normalized spacial score (nSPS) is 12.8. The summed E-state index contributed by atoms with van der Waals surface area (Å²) in [4.78, 5) is 32.0. The lowest BCUT2D eigenvalue weighted by atomic mass is 10.1. The van der Waals surface area contributed by atoms with E-state index in [0.29, 0.717) is 27.7 Å². The van der Waals surface area contributed by atoms with Crippen LogP contribution in [0.2, 0.25) is 5.02 Å². The highest BCUT2D eigenvalue weighted by Crippen LogP contribution is 2.40. The number of amides is 2. The van der Waals surface area contributed by atoms with Crippen LogP contribution in [0.5, 0.6) is 0 Å². The van der Waals surface area contributed by atoms with E-state index in [9.17, 15) is 9.59 Å². The van der Waals surface area contributed by atoms with E-state index in [-0.39, 0.29) is 11.8 Å². The van der Waals surface area contributed by atoms with E-state index < -0.39 is 0 Å². The Hall–Kier alpha value is -2.83. The van der Waals surface area contributed by atoms with Crippen molar-refractivity contribution >= 4 is 40.9 Å². The summed E-state index contributed by atoms with van der Waals surface area (Å²) in [5, 5.41) is 4.13. The van der Waals surface area contributed by atoms with Crippen molar-refractivity contribution in [2.45, 2.75) is 16.5 Å². The zero-order chi connectivity index (χ0) is 19.7. The molecule has 3 aromatic rings. The molecule has 0 fully saturated rings. The standard InChI is InChI=1S/C21H16ClN3O2S/c1-25-17-9-8-13(19(26)24-12-14-5-2-3-7-16(14)22)11-18(17)28-20-15(21(25)27)6-4-10-23-20/h2-11H,12H2,1H3,(H,24,26). The molecule has 5 nitrogen and oxygen atoms in total. The van der Waals surface area contributed by atoms with Crippen LogP contribution >= 0.6 is 23.4 Å². The number of hydrogen-bond donors (Lipinski definition) is 1. The van der Waals surface area contributed by atoms with Gasteiger partial charge in [0.25, 0.3) is 11.8 Å². The summed E-state index contributed by atoms with van der Waals surface area (Å²) < 4.78 is 0.